The topological polar surface area (TPSA) is 44.0 Å². The summed E-state index contributed by atoms with van der Waals surface area (Å²) in [6.07, 6.45) is 9.28. The van der Waals surface area contributed by atoms with E-state index in [2.05, 4.69) is 27.5 Å². The smallest absolute Gasteiger partial charge is 0.0532 e. The van der Waals surface area contributed by atoms with Crippen LogP contribution in [0.5, 0.6) is 0 Å². The van der Waals surface area contributed by atoms with Gasteiger partial charge in [-0.2, -0.15) is 5.10 Å². The first kappa shape index (κ1) is 10.3. The Balaban J connectivity index is 1.54. The molecule has 2 aliphatic heterocycles. The Morgan fingerprint density at radius 3 is 2.81 bits per heavy atom. The molecule has 2 aliphatic rings. The van der Waals surface area contributed by atoms with Crippen LogP contribution in [0.2, 0.25) is 0 Å². The summed E-state index contributed by atoms with van der Waals surface area (Å²) in [5.41, 5.74) is 1.26. The number of nitrogens with zero attached hydrogens (tertiary/aromatic N) is 2. The van der Waals surface area contributed by atoms with Gasteiger partial charge in [-0.1, -0.05) is 0 Å². The molecule has 2 saturated heterocycles. The maximum Gasteiger partial charge on any atom is 0.0532 e. The molecule has 1 aromatic heterocycles. The van der Waals surface area contributed by atoms with Gasteiger partial charge in [-0.15, -0.1) is 0 Å². The lowest BCUT2D eigenvalue weighted by molar-refractivity contribution is 0.148. The van der Waals surface area contributed by atoms with Crippen molar-refractivity contribution in [2.24, 2.45) is 0 Å². The van der Waals surface area contributed by atoms with Crippen molar-refractivity contribution in [3.05, 3.63) is 18.0 Å². The third-order valence-corrected chi connectivity index (χ3v) is 4.25. The molecule has 4 heteroatoms. The van der Waals surface area contributed by atoms with Gasteiger partial charge < -0.3 is 10.2 Å². The lowest BCUT2D eigenvalue weighted by Crippen LogP contribution is -2.46. The Labute approximate surface area is 96.4 Å². The molecule has 16 heavy (non-hydrogen) atoms. The first-order chi connectivity index (χ1) is 7.83. The summed E-state index contributed by atoms with van der Waals surface area (Å²) < 4.78 is 0. The summed E-state index contributed by atoms with van der Waals surface area (Å²) in [7, 11) is 2.29. The highest BCUT2D eigenvalue weighted by atomic mass is 15.2. The number of piperidine rings is 1. The maximum absolute atomic E-state index is 3.97. The van der Waals surface area contributed by atoms with Crippen molar-refractivity contribution < 1.29 is 0 Å². The fourth-order valence-electron chi connectivity index (χ4n) is 3.21. The molecule has 0 aromatic carbocycles. The van der Waals surface area contributed by atoms with Gasteiger partial charge in [-0.3, -0.25) is 5.10 Å². The van der Waals surface area contributed by atoms with E-state index in [1.54, 1.807) is 0 Å². The lowest BCUT2D eigenvalue weighted by Gasteiger charge is -2.36. The van der Waals surface area contributed by atoms with Gasteiger partial charge in [-0.05, 0) is 32.7 Å². The SMILES string of the molecule is CN1C2CCC1CC(NCc1cn[nH]c1)C2. The summed E-state index contributed by atoms with van der Waals surface area (Å²) in [5.74, 6) is 0. The van der Waals surface area contributed by atoms with E-state index in [-0.39, 0.29) is 0 Å². The van der Waals surface area contributed by atoms with Crippen molar-refractivity contribution in [2.75, 3.05) is 7.05 Å². The molecule has 0 saturated carbocycles. The fourth-order valence-corrected chi connectivity index (χ4v) is 3.21. The minimum Gasteiger partial charge on any atom is -0.310 e. The van der Waals surface area contributed by atoms with E-state index in [4.69, 9.17) is 0 Å². The predicted octanol–water partition coefficient (Wildman–Crippen LogP) is 1.12. The van der Waals surface area contributed by atoms with Gasteiger partial charge in [-0.25, -0.2) is 0 Å². The van der Waals surface area contributed by atoms with Crippen LogP contribution in [0.3, 0.4) is 0 Å². The van der Waals surface area contributed by atoms with E-state index < -0.39 is 0 Å². The largest absolute Gasteiger partial charge is 0.310 e. The molecule has 0 spiro atoms. The normalized spacial score (nSPS) is 34.4. The number of fused-ring (bicyclic) bond motifs is 2. The van der Waals surface area contributed by atoms with E-state index in [9.17, 15) is 0 Å². The third kappa shape index (κ3) is 1.87. The monoisotopic (exact) mass is 220 g/mol. The van der Waals surface area contributed by atoms with Gasteiger partial charge in [0.05, 0.1) is 6.20 Å². The second-order valence-corrected chi connectivity index (χ2v) is 5.21. The number of hydrogen-bond acceptors (Lipinski definition) is 3. The summed E-state index contributed by atoms with van der Waals surface area (Å²) in [4.78, 5) is 2.58. The van der Waals surface area contributed by atoms with Crippen LogP contribution in [-0.2, 0) is 6.54 Å². The lowest BCUT2D eigenvalue weighted by atomic mass is 9.98. The van der Waals surface area contributed by atoms with Crippen LogP contribution >= 0.6 is 0 Å². The zero-order valence-electron chi connectivity index (χ0n) is 9.82. The van der Waals surface area contributed by atoms with Crippen molar-refractivity contribution in [1.82, 2.24) is 20.4 Å². The maximum atomic E-state index is 3.97. The Kier molecular flexibility index (Phi) is 2.69. The van der Waals surface area contributed by atoms with Gasteiger partial charge in [0.1, 0.15) is 0 Å². The van der Waals surface area contributed by atoms with Crippen molar-refractivity contribution in [1.29, 1.82) is 0 Å². The zero-order valence-corrected chi connectivity index (χ0v) is 9.82. The van der Waals surface area contributed by atoms with Crippen LogP contribution in [0.25, 0.3) is 0 Å². The molecule has 1 aromatic rings. The molecule has 2 fully saturated rings. The number of rotatable bonds is 3. The minimum atomic E-state index is 0.698. The summed E-state index contributed by atoms with van der Waals surface area (Å²) in [5, 5.41) is 10.5. The number of H-pyrrole nitrogens is 1. The predicted molar refractivity (Wildman–Crippen MR) is 63.0 cm³/mol. The second kappa shape index (κ2) is 4.18. The molecule has 88 valence electrons. The van der Waals surface area contributed by atoms with Crippen LogP contribution < -0.4 is 5.32 Å². The summed E-state index contributed by atoms with van der Waals surface area (Å²) in [6.45, 7) is 0.949. The quantitative estimate of drug-likeness (QED) is 0.802. The number of nitrogens with one attached hydrogen (secondary N) is 2. The van der Waals surface area contributed by atoms with Gasteiger partial charge in [0.25, 0.3) is 0 Å². The standard InChI is InChI=1S/C12H20N4/c1-16-11-2-3-12(16)5-10(4-11)13-6-9-7-14-15-8-9/h7-8,10-13H,2-6H2,1H3,(H,14,15). The highest BCUT2D eigenvalue weighted by molar-refractivity contribution is 5.03. The van der Waals surface area contributed by atoms with E-state index in [0.29, 0.717) is 6.04 Å². The van der Waals surface area contributed by atoms with Gasteiger partial charge >= 0.3 is 0 Å². The minimum absolute atomic E-state index is 0.698. The number of aromatic amines is 1. The van der Waals surface area contributed by atoms with Crippen LogP contribution in [0.4, 0.5) is 0 Å². The summed E-state index contributed by atoms with van der Waals surface area (Å²) in [6, 6.07) is 2.34. The fraction of sp³-hybridized carbons (Fsp3) is 0.750. The highest BCUT2D eigenvalue weighted by Crippen LogP contribution is 2.34. The van der Waals surface area contributed by atoms with Crippen molar-refractivity contribution in [2.45, 2.75) is 50.4 Å². The van der Waals surface area contributed by atoms with E-state index in [1.165, 1.54) is 31.2 Å². The molecule has 3 heterocycles. The van der Waals surface area contributed by atoms with Crippen LogP contribution in [0.15, 0.2) is 12.4 Å². The van der Waals surface area contributed by atoms with Gasteiger partial charge in [0.15, 0.2) is 0 Å². The number of hydrogen-bond donors (Lipinski definition) is 2. The molecule has 0 amide bonds. The zero-order chi connectivity index (χ0) is 11.0. The van der Waals surface area contributed by atoms with Crippen LogP contribution in [0, 0.1) is 0 Å². The Hall–Kier alpha value is -0.870. The van der Waals surface area contributed by atoms with Crippen molar-refractivity contribution in [3.63, 3.8) is 0 Å². The first-order valence-electron chi connectivity index (χ1n) is 6.26. The Morgan fingerprint density at radius 2 is 2.19 bits per heavy atom. The third-order valence-electron chi connectivity index (χ3n) is 4.25. The van der Waals surface area contributed by atoms with Gasteiger partial charge in [0.2, 0.25) is 0 Å². The Bertz CT molecular complexity index is 321. The molecule has 2 unspecified atom stereocenters. The molecule has 3 rings (SSSR count). The molecule has 0 radical (unpaired) electrons. The van der Waals surface area contributed by atoms with Gasteiger partial charge in [0, 0.05) is 36.4 Å². The Morgan fingerprint density at radius 1 is 1.44 bits per heavy atom. The molecule has 0 aliphatic carbocycles. The molecular formula is C12H20N4. The number of aromatic nitrogens is 2. The van der Waals surface area contributed by atoms with Crippen LogP contribution in [-0.4, -0.2) is 40.3 Å². The van der Waals surface area contributed by atoms with E-state index in [1.807, 2.05) is 12.4 Å². The van der Waals surface area contributed by atoms with Crippen molar-refractivity contribution >= 4 is 0 Å². The molecule has 2 atom stereocenters. The van der Waals surface area contributed by atoms with E-state index >= 15 is 0 Å². The van der Waals surface area contributed by atoms with Crippen LogP contribution in [0.1, 0.15) is 31.2 Å². The molecule has 2 N–H and O–H groups in total. The average molecular weight is 220 g/mol. The first-order valence-corrected chi connectivity index (χ1v) is 6.26. The van der Waals surface area contributed by atoms with E-state index in [0.717, 1.165) is 18.6 Å². The summed E-state index contributed by atoms with van der Waals surface area (Å²) >= 11 is 0. The average Bonchev–Trinajstić information content (AvgIpc) is 2.84. The second-order valence-electron chi connectivity index (χ2n) is 5.21. The molecule has 4 nitrogen and oxygen atoms in total. The molecular weight excluding hydrogens is 200 g/mol. The highest BCUT2D eigenvalue weighted by Gasteiger charge is 2.37. The van der Waals surface area contributed by atoms with Crippen molar-refractivity contribution in [3.8, 4) is 0 Å². The molecule has 2 bridgehead atoms.